The maximum atomic E-state index is 11.2. The molecule has 5 heteroatoms. The largest absolute Gasteiger partial charge is 0.319 e. The fourth-order valence-corrected chi connectivity index (χ4v) is 1.42. The number of amides is 2. The maximum absolute atomic E-state index is 11.2. The number of likely N-dealkylation sites (N-methyl/N-ethyl adjacent to an activating group) is 1. The number of carbonyl (C=O) groups is 2. The lowest BCUT2D eigenvalue weighted by Gasteiger charge is -2.24. The Labute approximate surface area is 109 Å². The molecule has 0 rings (SSSR count). The van der Waals surface area contributed by atoms with Crippen LogP contribution in [0.4, 0.5) is 0 Å². The van der Waals surface area contributed by atoms with Crippen LogP contribution in [0.25, 0.3) is 0 Å². The summed E-state index contributed by atoms with van der Waals surface area (Å²) in [5, 5.41) is 0. The molecule has 0 aromatic rings. The van der Waals surface area contributed by atoms with E-state index in [1.807, 2.05) is 7.05 Å². The summed E-state index contributed by atoms with van der Waals surface area (Å²) in [6.07, 6.45) is 3.06. The smallest absolute Gasteiger partial charge is 0.223 e. The Morgan fingerprint density at radius 3 is 1.44 bits per heavy atom. The SMILES string of the molecule is C=CN(CCN(C)CCN(C=C)C(C)=O)C(C)=O. The standard InChI is InChI=1S/C13H23N3O2/c1-6-15(12(3)17)10-8-14(5)9-11-16(7-2)13(4)18/h6-7H,1-2,8-11H2,3-5H3. The zero-order chi connectivity index (χ0) is 14.1. The van der Waals surface area contributed by atoms with E-state index in [2.05, 4.69) is 18.1 Å². The third-order valence-corrected chi connectivity index (χ3v) is 2.69. The summed E-state index contributed by atoms with van der Waals surface area (Å²) in [6, 6.07) is 0. The van der Waals surface area contributed by atoms with E-state index < -0.39 is 0 Å². The number of hydrogen-bond acceptors (Lipinski definition) is 3. The zero-order valence-electron chi connectivity index (χ0n) is 11.6. The Balaban J connectivity index is 4.00. The molecule has 0 aliphatic heterocycles. The van der Waals surface area contributed by atoms with E-state index in [-0.39, 0.29) is 11.8 Å². The van der Waals surface area contributed by atoms with Gasteiger partial charge in [-0.3, -0.25) is 9.59 Å². The average Bonchev–Trinajstić information content (AvgIpc) is 2.29. The minimum absolute atomic E-state index is 0.0187. The van der Waals surface area contributed by atoms with Crippen molar-refractivity contribution in [1.29, 1.82) is 0 Å². The van der Waals surface area contributed by atoms with Gasteiger partial charge in [-0.15, -0.1) is 0 Å². The molecule has 0 aliphatic rings. The van der Waals surface area contributed by atoms with Gasteiger partial charge in [0.25, 0.3) is 0 Å². The van der Waals surface area contributed by atoms with Gasteiger partial charge in [0.1, 0.15) is 0 Å². The van der Waals surface area contributed by atoms with E-state index in [1.54, 1.807) is 9.80 Å². The third-order valence-electron chi connectivity index (χ3n) is 2.69. The van der Waals surface area contributed by atoms with Gasteiger partial charge in [0.2, 0.25) is 11.8 Å². The van der Waals surface area contributed by atoms with Crippen LogP contribution in [0.2, 0.25) is 0 Å². The lowest BCUT2D eigenvalue weighted by molar-refractivity contribution is -0.126. The molecule has 18 heavy (non-hydrogen) atoms. The van der Waals surface area contributed by atoms with E-state index in [4.69, 9.17) is 0 Å². The molecule has 0 radical (unpaired) electrons. The summed E-state index contributed by atoms with van der Waals surface area (Å²) in [6.45, 7) is 12.9. The molecule has 0 spiro atoms. The average molecular weight is 253 g/mol. The minimum atomic E-state index is -0.0187. The highest BCUT2D eigenvalue weighted by molar-refractivity contribution is 5.74. The van der Waals surface area contributed by atoms with Crippen molar-refractivity contribution >= 4 is 11.8 Å². The van der Waals surface area contributed by atoms with Gasteiger partial charge in [0.15, 0.2) is 0 Å². The fourth-order valence-electron chi connectivity index (χ4n) is 1.42. The summed E-state index contributed by atoms with van der Waals surface area (Å²) in [7, 11) is 1.95. The van der Waals surface area contributed by atoms with Crippen molar-refractivity contribution in [3.8, 4) is 0 Å². The van der Waals surface area contributed by atoms with Crippen molar-refractivity contribution in [1.82, 2.24) is 14.7 Å². The Hall–Kier alpha value is -1.62. The van der Waals surface area contributed by atoms with Crippen molar-refractivity contribution in [2.45, 2.75) is 13.8 Å². The van der Waals surface area contributed by atoms with Crippen molar-refractivity contribution in [3.63, 3.8) is 0 Å². The molecule has 5 nitrogen and oxygen atoms in total. The van der Waals surface area contributed by atoms with Crippen LogP contribution in [0.15, 0.2) is 25.6 Å². The first kappa shape index (κ1) is 16.4. The summed E-state index contributed by atoms with van der Waals surface area (Å²) in [5.74, 6) is -0.0373. The molecule has 0 aromatic carbocycles. The van der Waals surface area contributed by atoms with Crippen LogP contribution < -0.4 is 0 Å². The molecular formula is C13H23N3O2. The second-order valence-corrected chi connectivity index (χ2v) is 4.09. The summed E-state index contributed by atoms with van der Waals surface area (Å²) >= 11 is 0. The Kier molecular flexibility index (Phi) is 7.71. The van der Waals surface area contributed by atoms with Crippen LogP contribution in [0.5, 0.6) is 0 Å². The van der Waals surface area contributed by atoms with Crippen molar-refractivity contribution in [3.05, 3.63) is 25.6 Å². The van der Waals surface area contributed by atoms with Gasteiger partial charge in [-0.2, -0.15) is 0 Å². The summed E-state index contributed by atoms with van der Waals surface area (Å²) < 4.78 is 0. The summed E-state index contributed by atoms with van der Waals surface area (Å²) in [5.41, 5.74) is 0. The maximum Gasteiger partial charge on any atom is 0.223 e. The first-order valence-corrected chi connectivity index (χ1v) is 5.90. The highest BCUT2D eigenvalue weighted by Crippen LogP contribution is 1.94. The fraction of sp³-hybridized carbons (Fsp3) is 0.538. The second-order valence-electron chi connectivity index (χ2n) is 4.09. The van der Waals surface area contributed by atoms with Crippen LogP contribution in [0.3, 0.4) is 0 Å². The Morgan fingerprint density at radius 1 is 0.889 bits per heavy atom. The lowest BCUT2D eigenvalue weighted by Crippen LogP contribution is -2.37. The molecule has 0 heterocycles. The van der Waals surface area contributed by atoms with Crippen LogP contribution >= 0.6 is 0 Å². The molecule has 0 aromatic heterocycles. The summed E-state index contributed by atoms with van der Waals surface area (Å²) in [4.78, 5) is 27.5. The highest BCUT2D eigenvalue weighted by Gasteiger charge is 2.08. The predicted molar refractivity (Wildman–Crippen MR) is 72.7 cm³/mol. The Bertz CT molecular complexity index is 285. The first-order valence-electron chi connectivity index (χ1n) is 5.90. The van der Waals surface area contributed by atoms with Gasteiger partial charge >= 0.3 is 0 Å². The molecular weight excluding hydrogens is 230 g/mol. The van der Waals surface area contributed by atoms with Crippen LogP contribution in [0, 0.1) is 0 Å². The molecule has 0 fully saturated rings. The molecule has 0 N–H and O–H groups in total. The number of carbonyl (C=O) groups excluding carboxylic acids is 2. The van der Waals surface area contributed by atoms with E-state index in [1.165, 1.54) is 26.2 Å². The van der Waals surface area contributed by atoms with Crippen molar-refractivity contribution in [2.24, 2.45) is 0 Å². The van der Waals surface area contributed by atoms with Crippen molar-refractivity contribution in [2.75, 3.05) is 33.2 Å². The van der Waals surface area contributed by atoms with Gasteiger partial charge in [-0.1, -0.05) is 13.2 Å². The van der Waals surface area contributed by atoms with E-state index in [0.717, 1.165) is 13.1 Å². The van der Waals surface area contributed by atoms with E-state index in [0.29, 0.717) is 13.1 Å². The first-order chi connectivity index (χ1) is 8.42. The molecule has 0 unspecified atom stereocenters. The zero-order valence-corrected chi connectivity index (χ0v) is 11.6. The van der Waals surface area contributed by atoms with Crippen LogP contribution in [-0.2, 0) is 9.59 Å². The van der Waals surface area contributed by atoms with Gasteiger partial charge < -0.3 is 14.7 Å². The molecule has 0 saturated carbocycles. The molecule has 2 amide bonds. The van der Waals surface area contributed by atoms with E-state index in [9.17, 15) is 9.59 Å². The quantitative estimate of drug-likeness (QED) is 0.645. The normalized spacial score (nSPS) is 10.0. The van der Waals surface area contributed by atoms with Gasteiger partial charge in [-0.25, -0.2) is 0 Å². The Morgan fingerprint density at radius 2 is 1.22 bits per heavy atom. The van der Waals surface area contributed by atoms with Crippen LogP contribution in [-0.4, -0.2) is 59.7 Å². The predicted octanol–water partition coefficient (Wildman–Crippen LogP) is 0.902. The third kappa shape index (κ3) is 6.20. The molecule has 102 valence electrons. The molecule has 0 bridgehead atoms. The van der Waals surface area contributed by atoms with Crippen LogP contribution in [0.1, 0.15) is 13.8 Å². The van der Waals surface area contributed by atoms with Crippen molar-refractivity contribution < 1.29 is 9.59 Å². The lowest BCUT2D eigenvalue weighted by atomic mass is 10.4. The number of nitrogens with zero attached hydrogens (tertiary/aromatic N) is 3. The number of rotatable bonds is 8. The molecule has 0 atom stereocenters. The van der Waals surface area contributed by atoms with Gasteiger partial charge in [0, 0.05) is 40.0 Å². The number of hydrogen-bond donors (Lipinski definition) is 0. The monoisotopic (exact) mass is 253 g/mol. The van der Waals surface area contributed by atoms with Gasteiger partial charge in [-0.05, 0) is 19.4 Å². The molecule has 0 aliphatic carbocycles. The minimum Gasteiger partial charge on any atom is -0.319 e. The van der Waals surface area contributed by atoms with Gasteiger partial charge in [0.05, 0.1) is 0 Å². The highest BCUT2D eigenvalue weighted by atomic mass is 16.2. The van der Waals surface area contributed by atoms with E-state index >= 15 is 0 Å². The topological polar surface area (TPSA) is 43.9 Å². The molecule has 0 saturated heterocycles. The second kappa shape index (κ2) is 8.47.